The van der Waals surface area contributed by atoms with Crippen molar-refractivity contribution in [3.05, 3.63) is 0 Å². The molecule has 0 bridgehead atoms. The Balaban J connectivity index is 0. The zero-order valence-electron chi connectivity index (χ0n) is 11.2. The summed E-state index contributed by atoms with van der Waals surface area (Å²) in [5.74, 6) is -1.09. The maximum Gasteiger partial charge on any atom is 1.00 e. The molecule has 0 spiro atoms. The molecule has 96 valence electrons. The fourth-order valence-corrected chi connectivity index (χ4v) is 1.27. The van der Waals surface area contributed by atoms with Crippen LogP contribution in [0.3, 0.4) is 0 Å². The molecule has 0 fully saturated rings. The molecule has 6 heteroatoms. The van der Waals surface area contributed by atoms with Gasteiger partial charge >= 0.3 is 18.9 Å². The van der Waals surface area contributed by atoms with Gasteiger partial charge < -0.3 is 25.6 Å². The number of aliphatic hydroxyl groups excluding tert-OH is 1. The molecule has 0 rings (SSSR count). The first kappa shape index (κ1) is 19.3. The molecule has 17 heavy (non-hydrogen) atoms. The number of hydrogen-bond donors (Lipinski definition) is 3. The number of aliphatic hydroxyl groups is 1. The minimum Gasteiger partial charge on any atom is -0.548 e. The van der Waals surface area contributed by atoms with Crippen LogP contribution in [-0.4, -0.2) is 42.9 Å². The van der Waals surface area contributed by atoms with E-state index in [0.717, 1.165) is 19.3 Å². The van der Waals surface area contributed by atoms with Gasteiger partial charge in [-0.15, -0.1) is 0 Å². The molecule has 0 radical (unpaired) electrons. The third-order valence-corrected chi connectivity index (χ3v) is 2.38. The molecule has 0 aliphatic rings. The van der Waals surface area contributed by atoms with Gasteiger partial charge in [0.2, 0.25) is 0 Å². The Morgan fingerprint density at radius 3 is 2.59 bits per heavy atom. The molecule has 0 saturated heterocycles. The van der Waals surface area contributed by atoms with Gasteiger partial charge in [-0.2, -0.15) is 0 Å². The first-order valence-corrected chi connectivity index (χ1v) is 5.91. The smallest absolute Gasteiger partial charge is 0.548 e. The standard InChI is InChI=1S/C11H24N2O3.Li/c1-3-4-5-10(14)8-12-6-7-13-9(2)11(15)16;/h9-10,12-14H,3-8H2,1-2H3,(H,15,16);/q;+1/p-1. The van der Waals surface area contributed by atoms with Crippen molar-refractivity contribution in [3.8, 4) is 0 Å². The summed E-state index contributed by atoms with van der Waals surface area (Å²) in [6, 6.07) is -0.633. The van der Waals surface area contributed by atoms with Gasteiger partial charge in [-0.05, 0) is 13.3 Å². The normalized spacial score (nSPS) is 13.8. The summed E-state index contributed by atoms with van der Waals surface area (Å²) in [5.41, 5.74) is 0. The van der Waals surface area contributed by atoms with Crippen LogP contribution in [0, 0.1) is 0 Å². The topological polar surface area (TPSA) is 84.4 Å². The molecule has 0 aromatic heterocycles. The summed E-state index contributed by atoms with van der Waals surface area (Å²) in [5, 5.41) is 25.7. The molecule has 5 nitrogen and oxygen atoms in total. The molecule has 0 amide bonds. The average molecular weight is 238 g/mol. The Hall–Kier alpha value is -0.0526. The quantitative estimate of drug-likeness (QED) is 0.266. The number of rotatable bonds is 10. The van der Waals surface area contributed by atoms with E-state index in [2.05, 4.69) is 17.6 Å². The maximum absolute atomic E-state index is 10.4. The average Bonchev–Trinajstić information content (AvgIpc) is 2.25. The minimum atomic E-state index is -1.09. The summed E-state index contributed by atoms with van der Waals surface area (Å²) in [6.45, 7) is 5.38. The van der Waals surface area contributed by atoms with Crippen molar-refractivity contribution in [2.45, 2.75) is 45.3 Å². The van der Waals surface area contributed by atoms with E-state index in [4.69, 9.17) is 0 Å². The fraction of sp³-hybridized carbons (Fsp3) is 0.909. The van der Waals surface area contributed by atoms with Crippen LogP contribution >= 0.6 is 0 Å². The Bertz CT molecular complexity index is 194. The van der Waals surface area contributed by atoms with Crippen molar-refractivity contribution in [1.82, 2.24) is 10.6 Å². The molecule has 0 aliphatic carbocycles. The van der Waals surface area contributed by atoms with Crippen LogP contribution < -0.4 is 34.6 Å². The number of carbonyl (C=O) groups excluding carboxylic acids is 1. The van der Waals surface area contributed by atoms with Crippen LogP contribution in [0.1, 0.15) is 33.1 Å². The van der Waals surface area contributed by atoms with Crippen LogP contribution in [0.15, 0.2) is 0 Å². The molecule has 3 N–H and O–H groups in total. The number of unbranched alkanes of at least 4 members (excludes halogenated alkanes) is 1. The summed E-state index contributed by atoms with van der Waals surface area (Å²) in [7, 11) is 0. The first-order chi connectivity index (χ1) is 7.57. The monoisotopic (exact) mass is 238 g/mol. The largest absolute Gasteiger partial charge is 1.00 e. The van der Waals surface area contributed by atoms with Crippen LogP contribution in [0.5, 0.6) is 0 Å². The number of hydrogen-bond acceptors (Lipinski definition) is 5. The van der Waals surface area contributed by atoms with E-state index in [-0.39, 0.29) is 25.0 Å². The Kier molecular flexibility index (Phi) is 14.1. The summed E-state index contributed by atoms with van der Waals surface area (Å²) >= 11 is 0. The number of carbonyl (C=O) groups is 1. The molecule has 0 saturated carbocycles. The predicted molar refractivity (Wildman–Crippen MR) is 60.9 cm³/mol. The van der Waals surface area contributed by atoms with Crippen molar-refractivity contribution in [2.24, 2.45) is 0 Å². The number of carboxylic acid groups (broad SMARTS) is 1. The van der Waals surface area contributed by atoms with Gasteiger partial charge in [-0.25, -0.2) is 0 Å². The van der Waals surface area contributed by atoms with Crippen LogP contribution in [0.4, 0.5) is 0 Å². The Morgan fingerprint density at radius 2 is 2.06 bits per heavy atom. The summed E-state index contributed by atoms with van der Waals surface area (Å²) in [4.78, 5) is 10.4. The van der Waals surface area contributed by atoms with Crippen LogP contribution in [0.2, 0.25) is 0 Å². The Morgan fingerprint density at radius 1 is 1.41 bits per heavy atom. The summed E-state index contributed by atoms with van der Waals surface area (Å²) < 4.78 is 0. The molecule has 2 atom stereocenters. The van der Waals surface area contributed by atoms with E-state index >= 15 is 0 Å². The molecule has 0 heterocycles. The van der Waals surface area contributed by atoms with E-state index in [1.54, 1.807) is 6.92 Å². The van der Waals surface area contributed by atoms with E-state index in [9.17, 15) is 15.0 Å². The van der Waals surface area contributed by atoms with Gasteiger partial charge in [-0.1, -0.05) is 19.8 Å². The second-order valence-electron chi connectivity index (χ2n) is 4.00. The second kappa shape index (κ2) is 12.4. The Labute approximate surface area is 116 Å². The SMILES string of the molecule is CCCCC(O)CNCCNC(C)C(=O)[O-].[Li+]. The molecular formula is C11H23LiN2O3. The third kappa shape index (κ3) is 12.2. The van der Waals surface area contributed by atoms with Gasteiger partial charge in [-0.3, -0.25) is 0 Å². The number of carboxylic acids is 1. The molecule has 2 unspecified atom stereocenters. The van der Waals surface area contributed by atoms with Crippen molar-refractivity contribution in [3.63, 3.8) is 0 Å². The van der Waals surface area contributed by atoms with Crippen molar-refractivity contribution >= 4 is 5.97 Å². The van der Waals surface area contributed by atoms with E-state index in [1.807, 2.05) is 0 Å². The zero-order valence-corrected chi connectivity index (χ0v) is 11.2. The van der Waals surface area contributed by atoms with Crippen LogP contribution in [0.25, 0.3) is 0 Å². The predicted octanol–water partition coefficient (Wildman–Crippen LogP) is -4.14. The van der Waals surface area contributed by atoms with Gasteiger partial charge in [0.25, 0.3) is 0 Å². The minimum absolute atomic E-state index is 0. The molecule has 0 aromatic carbocycles. The van der Waals surface area contributed by atoms with Gasteiger partial charge in [0, 0.05) is 25.7 Å². The van der Waals surface area contributed by atoms with Crippen molar-refractivity contribution < 1.29 is 33.9 Å². The van der Waals surface area contributed by atoms with Crippen molar-refractivity contribution in [1.29, 1.82) is 0 Å². The third-order valence-electron chi connectivity index (χ3n) is 2.38. The second-order valence-corrected chi connectivity index (χ2v) is 4.00. The van der Waals surface area contributed by atoms with Crippen LogP contribution in [-0.2, 0) is 4.79 Å². The molecule has 0 aromatic rings. The van der Waals surface area contributed by atoms with Crippen molar-refractivity contribution in [2.75, 3.05) is 19.6 Å². The number of aliphatic carboxylic acids is 1. The van der Waals surface area contributed by atoms with Gasteiger partial charge in [0.1, 0.15) is 0 Å². The fourth-order valence-electron chi connectivity index (χ4n) is 1.27. The van der Waals surface area contributed by atoms with E-state index < -0.39 is 12.0 Å². The first-order valence-electron chi connectivity index (χ1n) is 5.91. The van der Waals surface area contributed by atoms with Gasteiger partial charge in [0.05, 0.1) is 12.1 Å². The number of nitrogens with one attached hydrogen (secondary N) is 2. The van der Waals surface area contributed by atoms with E-state index in [1.165, 1.54) is 0 Å². The summed E-state index contributed by atoms with van der Waals surface area (Å²) in [6.07, 6.45) is 2.62. The molecular weight excluding hydrogens is 215 g/mol. The maximum atomic E-state index is 10.4. The van der Waals surface area contributed by atoms with E-state index in [0.29, 0.717) is 19.6 Å². The zero-order chi connectivity index (χ0) is 12.4. The molecule has 0 aliphatic heterocycles. The van der Waals surface area contributed by atoms with Gasteiger partial charge in [0.15, 0.2) is 0 Å².